The van der Waals surface area contributed by atoms with E-state index in [1.807, 2.05) is 6.92 Å². The summed E-state index contributed by atoms with van der Waals surface area (Å²) in [4.78, 5) is 6.99. The third-order valence-electron chi connectivity index (χ3n) is 3.53. The third kappa shape index (κ3) is 2.99. The van der Waals surface area contributed by atoms with Crippen LogP contribution in [-0.2, 0) is 0 Å². The molecule has 3 nitrogen and oxygen atoms in total. The predicted octanol–water partition coefficient (Wildman–Crippen LogP) is 2.72. The Morgan fingerprint density at radius 1 is 1.53 bits per heavy atom. The van der Waals surface area contributed by atoms with Gasteiger partial charge >= 0.3 is 0 Å². The van der Waals surface area contributed by atoms with Gasteiger partial charge in [0.2, 0.25) is 0 Å². The topological polar surface area (TPSA) is 42.2 Å². The van der Waals surface area contributed by atoms with Crippen molar-refractivity contribution in [3.8, 4) is 0 Å². The van der Waals surface area contributed by atoms with Gasteiger partial charge in [-0.1, -0.05) is 0 Å². The van der Waals surface area contributed by atoms with E-state index in [9.17, 15) is 0 Å². The number of hydrogen-bond donors (Lipinski definition) is 1. The zero-order valence-electron chi connectivity index (χ0n) is 10.5. The van der Waals surface area contributed by atoms with Crippen LogP contribution in [0.15, 0.2) is 16.6 Å². The van der Waals surface area contributed by atoms with E-state index in [1.54, 1.807) is 0 Å². The summed E-state index contributed by atoms with van der Waals surface area (Å²) in [6.07, 6.45) is 2.45. The molecule has 2 N–H and O–H groups in total. The molecule has 1 fully saturated rings. The van der Waals surface area contributed by atoms with Crippen molar-refractivity contribution in [1.82, 2.24) is 4.98 Å². The number of nitrogens with two attached hydrogens (primary N) is 1. The minimum absolute atomic E-state index is 0.273. The van der Waals surface area contributed by atoms with Gasteiger partial charge in [-0.25, -0.2) is 4.98 Å². The summed E-state index contributed by atoms with van der Waals surface area (Å²) < 4.78 is 1.07. The Labute approximate surface area is 112 Å². The SMILES string of the molecule is Cc1nc(N2CCCC(C(C)N)C2)ccc1Br. The summed E-state index contributed by atoms with van der Waals surface area (Å²) in [5, 5.41) is 0. The fraction of sp³-hybridized carbons (Fsp3) is 0.615. The molecule has 1 aromatic rings. The van der Waals surface area contributed by atoms with Crippen LogP contribution in [0.3, 0.4) is 0 Å². The minimum Gasteiger partial charge on any atom is -0.356 e. The highest BCUT2D eigenvalue weighted by molar-refractivity contribution is 9.10. The second-order valence-electron chi connectivity index (χ2n) is 4.94. The fourth-order valence-electron chi connectivity index (χ4n) is 2.35. The first-order valence-corrected chi connectivity index (χ1v) is 7.01. The molecule has 1 saturated heterocycles. The number of halogens is 1. The second-order valence-corrected chi connectivity index (χ2v) is 5.80. The lowest BCUT2D eigenvalue weighted by Crippen LogP contribution is -2.42. The Morgan fingerprint density at radius 2 is 2.29 bits per heavy atom. The summed E-state index contributed by atoms with van der Waals surface area (Å²) in [7, 11) is 0. The molecule has 0 aliphatic carbocycles. The second kappa shape index (κ2) is 5.36. The van der Waals surface area contributed by atoms with Gasteiger partial charge < -0.3 is 10.6 Å². The molecule has 0 bridgehead atoms. The first-order chi connectivity index (χ1) is 8.08. The maximum atomic E-state index is 6.01. The van der Waals surface area contributed by atoms with Gasteiger partial charge in [-0.05, 0) is 60.7 Å². The number of aromatic nitrogens is 1. The van der Waals surface area contributed by atoms with Crippen molar-refractivity contribution in [2.45, 2.75) is 32.7 Å². The average Bonchev–Trinajstić information content (AvgIpc) is 2.33. The molecule has 2 unspecified atom stereocenters. The van der Waals surface area contributed by atoms with Crippen molar-refractivity contribution in [3.63, 3.8) is 0 Å². The molecule has 2 heterocycles. The Bertz CT molecular complexity index is 392. The molecule has 0 saturated carbocycles. The van der Waals surface area contributed by atoms with Crippen LogP contribution in [0.4, 0.5) is 5.82 Å². The monoisotopic (exact) mass is 297 g/mol. The summed E-state index contributed by atoms with van der Waals surface area (Å²) in [5.41, 5.74) is 7.05. The van der Waals surface area contributed by atoms with Crippen LogP contribution in [0.25, 0.3) is 0 Å². The zero-order chi connectivity index (χ0) is 12.4. The van der Waals surface area contributed by atoms with Crippen molar-refractivity contribution in [2.24, 2.45) is 11.7 Å². The largest absolute Gasteiger partial charge is 0.356 e. The van der Waals surface area contributed by atoms with Crippen molar-refractivity contribution < 1.29 is 0 Å². The van der Waals surface area contributed by atoms with Crippen molar-refractivity contribution in [3.05, 3.63) is 22.3 Å². The highest BCUT2D eigenvalue weighted by Crippen LogP contribution is 2.25. The van der Waals surface area contributed by atoms with E-state index in [0.717, 1.165) is 29.1 Å². The molecule has 94 valence electrons. The maximum absolute atomic E-state index is 6.01. The van der Waals surface area contributed by atoms with Crippen LogP contribution < -0.4 is 10.6 Å². The molecule has 2 rings (SSSR count). The van der Waals surface area contributed by atoms with Crippen LogP contribution in [0.5, 0.6) is 0 Å². The van der Waals surface area contributed by atoms with E-state index >= 15 is 0 Å². The number of aryl methyl sites for hydroxylation is 1. The number of hydrogen-bond acceptors (Lipinski definition) is 3. The van der Waals surface area contributed by atoms with Crippen LogP contribution in [0.2, 0.25) is 0 Å². The molecule has 2 atom stereocenters. The van der Waals surface area contributed by atoms with Gasteiger partial charge in [0.1, 0.15) is 5.82 Å². The first kappa shape index (κ1) is 12.8. The molecule has 1 aromatic heterocycles. The number of anilines is 1. The molecule has 17 heavy (non-hydrogen) atoms. The quantitative estimate of drug-likeness (QED) is 0.913. The van der Waals surface area contributed by atoms with Gasteiger partial charge in [-0.3, -0.25) is 0 Å². The van der Waals surface area contributed by atoms with E-state index in [1.165, 1.54) is 12.8 Å². The van der Waals surface area contributed by atoms with Gasteiger partial charge in [0.05, 0.1) is 5.69 Å². The van der Waals surface area contributed by atoms with E-state index in [-0.39, 0.29) is 6.04 Å². The van der Waals surface area contributed by atoms with Crippen LogP contribution in [0, 0.1) is 12.8 Å². The van der Waals surface area contributed by atoms with Crippen LogP contribution >= 0.6 is 15.9 Å². The van der Waals surface area contributed by atoms with Crippen LogP contribution in [-0.4, -0.2) is 24.1 Å². The van der Waals surface area contributed by atoms with E-state index in [0.29, 0.717) is 5.92 Å². The predicted molar refractivity (Wildman–Crippen MR) is 75.3 cm³/mol. The zero-order valence-corrected chi connectivity index (χ0v) is 12.1. The van der Waals surface area contributed by atoms with Crippen molar-refractivity contribution in [2.75, 3.05) is 18.0 Å². The van der Waals surface area contributed by atoms with Crippen LogP contribution in [0.1, 0.15) is 25.5 Å². The number of rotatable bonds is 2. The molecule has 0 aromatic carbocycles. The molecule has 4 heteroatoms. The Hall–Kier alpha value is -0.610. The van der Waals surface area contributed by atoms with Gasteiger partial charge in [0, 0.05) is 23.6 Å². The smallest absolute Gasteiger partial charge is 0.128 e. The molecule has 1 aliphatic rings. The van der Waals surface area contributed by atoms with Crippen molar-refractivity contribution >= 4 is 21.7 Å². The molecular formula is C13H20BrN3. The summed E-state index contributed by atoms with van der Waals surface area (Å²) >= 11 is 3.49. The van der Waals surface area contributed by atoms with E-state index in [4.69, 9.17) is 5.73 Å². The average molecular weight is 298 g/mol. The fourth-order valence-corrected chi connectivity index (χ4v) is 2.57. The normalized spacial score (nSPS) is 22.6. The highest BCUT2D eigenvalue weighted by atomic mass is 79.9. The Balaban J connectivity index is 2.13. The van der Waals surface area contributed by atoms with E-state index < -0.39 is 0 Å². The van der Waals surface area contributed by atoms with Crippen molar-refractivity contribution in [1.29, 1.82) is 0 Å². The summed E-state index contributed by atoms with van der Waals surface area (Å²) in [5.74, 6) is 1.67. The molecule has 1 aliphatic heterocycles. The molecule has 0 spiro atoms. The Morgan fingerprint density at radius 3 is 2.94 bits per heavy atom. The molecular weight excluding hydrogens is 278 g/mol. The molecule has 0 amide bonds. The minimum atomic E-state index is 0.273. The number of piperidine rings is 1. The molecule has 0 radical (unpaired) electrons. The third-order valence-corrected chi connectivity index (χ3v) is 4.37. The van der Waals surface area contributed by atoms with E-state index in [2.05, 4.69) is 44.9 Å². The van der Waals surface area contributed by atoms with Gasteiger partial charge in [-0.2, -0.15) is 0 Å². The van der Waals surface area contributed by atoms with Gasteiger partial charge in [-0.15, -0.1) is 0 Å². The Kier molecular flexibility index (Phi) is 4.05. The lowest BCUT2D eigenvalue weighted by Gasteiger charge is -2.35. The van der Waals surface area contributed by atoms with Gasteiger partial charge in [0.25, 0.3) is 0 Å². The number of nitrogens with zero attached hydrogens (tertiary/aromatic N) is 2. The highest BCUT2D eigenvalue weighted by Gasteiger charge is 2.23. The lowest BCUT2D eigenvalue weighted by molar-refractivity contribution is 0.363. The summed E-state index contributed by atoms with van der Waals surface area (Å²) in [6.45, 7) is 6.26. The number of pyridine rings is 1. The first-order valence-electron chi connectivity index (χ1n) is 6.21. The lowest BCUT2D eigenvalue weighted by atomic mass is 9.92. The summed E-state index contributed by atoms with van der Waals surface area (Å²) in [6, 6.07) is 4.43. The van der Waals surface area contributed by atoms with Gasteiger partial charge in [0.15, 0.2) is 0 Å². The standard InChI is InChI=1S/C13H20BrN3/c1-9(15)11-4-3-7-17(8-11)13-6-5-12(14)10(2)16-13/h5-6,9,11H,3-4,7-8,15H2,1-2H3. The maximum Gasteiger partial charge on any atom is 0.128 e.